The van der Waals surface area contributed by atoms with Gasteiger partial charge in [-0.3, -0.25) is 9.59 Å². The minimum atomic E-state index is -0.301. The number of primary amides is 1. The van der Waals surface area contributed by atoms with Gasteiger partial charge in [-0.2, -0.15) is 0 Å². The summed E-state index contributed by atoms with van der Waals surface area (Å²) < 4.78 is 0. The first kappa shape index (κ1) is 14.3. The monoisotopic (exact) mass is 267 g/mol. The zero-order valence-electron chi connectivity index (χ0n) is 11.6. The van der Waals surface area contributed by atoms with Crippen LogP contribution in [0.5, 0.6) is 0 Å². The van der Waals surface area contributed by atoms with E-state index in [2.05, 4.69) is 5.32 Å². The van der Waals surface area contributed by atoms with Gasteiger partial charge in [-0.05, 0) is 51.1 Å². The first-order valence-electron chi connectivity index (χ1n) is 7.45. The van der Waals surface area contributed by atoms with Crippen molar-refractivity contribution in [1.29, 1.82) is 0 Å². The van der Waals surface area contributed by atoms with E-state index in [0.29, 0.717) is 18.8 Å². The molecule has 3 N–H and O–H groups in total. The molecule has 2 saturated heterocycles. The number of nitrogens with one attached hydrogen (secondary N) is 1. The number of carbonyl (C=O) groups is 2. The van der Waals surface area contributed by atoms with Crippen molar-refractivity contribution in [2.75, 3.05) is 19.6 Å². The molecule has 2 fully saturated rings. The maximum Gasteiger partial charge on any atom is 0.222 e. The standard InChI is InChI=1S/C14H25N3O2/c15-13(18)9-12-3-1-2-8-17(12)14(19)5-4-11-6-7-16-10-11/h11-12,16H,1-10H2,(H2,15,18). The van der Waals surface area contributed by atoms with Crippen molar-refractivity contribution < 1.29 is 9.59 Å². The van der Waals surface area contributed by atoms with Crippen LogP contribution in [-0.2, 0) is 9.59 Å². The molecule has 2 aliphatic heterocycles. The van der Waals surface area contributed by atoms with E-state index < -0.39 is 0 Å². The number of hydrogen-bond acceptors (Lipinski definition) is 3. The van der Waals surface area contributed by atoms with Crippen molar-refractivity contribution in [2.24, 2.45) is 11.7 Å². The molecular weight excluding hydrogens is 242 g/mol. The first-order valence-corrected chi connectivity index (χ1v) is 7.45. The summed E-state index contributed by atoms with van der Waals surface area (Å²) in [6, 6.07) is 0.0421. The lowest BCUT2D eigenvalue weighted by molar-refractivity contribution is -0.136. The second-order valence-corrected chi connectivity index (χ2v) is 5.80. The van der Waals surface area contributed by atoms with Gasteiger partial charge in [0.2, 0.25) is 11.8 Å². The summed E-state index contributed by atoms with van der Waals surface area (Å²) in [6.45, 7) is 2.91. The van der Waals surface area contributed by atoms with Gasteiger partial charge in [0.25, 0.3) is 0 Å². The van der Waals surface area contributed by atoms with Gasteiger partial charge in [0, 0.05) is 25.4 Å². The molecule has 0 aromatic carbocycles. The molecular formula is C14H25N3O2. The molecule has 2 rings (SSSR count). The molecule has 5 heteroatoms. The molecule has 2 heterocycles. The average Bonchev–Trinajstić information content (AvgIpc) is 2.89. The van der Waals surface area contributed by atoms with Crippen molar-refractivity contribution in [3.05, 3.63) is 0 Å². The number of carbonyl (C=O) groups excluding carboxylic acids is 2. The van der Waals surface area contributed by atoms with Crippen LogP contribution in [0, 0.1) is 5.92 Å². The Morgan fingerprint density at radius 2 is 2.11 bits per heavy atom. The highest BCUT2D eigenvalue weighted by Crippen LogP contribution is 2.22. The Hall–Kier alpha value is -1.10. The number of likely N-dealkylation sites (tertiary alicyclic amines) is 1. The van der Waals surface area contributed by atoms with Crippen LogP contribution in [0.4, 0.5) is 0 Å². The molecule has 0 radical (unpaired) electrons. The Bertz CT molecular complexity index is 327. The van der Waals surface area contributed by atoms with Gasteiger partial charge in [0.15, 0.2) is 0 Å². The lowest BCUT2D eigenvalue weighted by atomic mass is 9.97. The smallest absolute Gasteiger partial charge is 0.222 e. The van der Waals surface area contributed by atoms with E-state index >= 15 is 0 Å². The highest BCUT2D eigenvalue weighted by atomic mass is 16.2. The van der Waals surface area contributed by atoms with E-state index in [0.717, 1.165) is 45.3 Å². The van der Waals surface area contributed by atoms with E-state index in [1.54, 1.807) is 0 Å². The molecule has 0 spiro atoms. The lowest BCUT2D eigenvalue weighted by Gasteiger charge is -2.35. The number of rotatable bonds is 5. The van der Waals surface area contributed by atoms with Crippen LogP contribution in [0.1, 0.15) is 44.9 Å². The van der Waals surface area contributed by atoms with E-state index in [4.69, 9.17) is 5.73 Å². The Balaban J connectivity index is 1.82. The largest absolute Gasteiger partial charge is 0.370 e. The van der Waals surface area contributed by atoms with Gasteiger partial charge in [0.1, 0.15) is 0 Å². The third kappa shape index (κ3) is 4.20. The van der Waals surface area contributed by atoms with Crippen LogP contribution >= 0.6 is 0 Å². The number of hydrogen-bond donors (Lipinski definition) is 2. The van der Waals surface area contributed by atoms with Crippen molar-refractivity contribution in [3.8, 4) is 0 Å². The third-order valence-electron chi connectivity index (χ3n) is 4.31. The Labute approximate surface area is 114 Å². The first-order chi connectivity index (χ1) is 9.16. The molecule has 2 unspecified atom stereocenters. The quantitative estimate of drug-likeness (QED) is 0.767. The van der Waals surface area contributed by atoms with Gasteiger partial charge in [-0.25, -0.2) is 0 Å². The van der Waals surface area contributed by atoms with Crippen LogP contribution in [0.15, 0.2) is 0 Å². The van der Waals surface area contributed by atoms with Crippen LogP contribution in [0.25, 0.3) is 0 Å². The Morgan fingerprint density at radius 1 is 1.26 bits per heavy atom. The molecule has 5 nitrogen and oxygen atoms in total. The average molecular weight is 267 g/mol. The molecule has 0 bridgehead atoms. The number of amides is 2. The van der Waals surface area contributed by atoms with Crippen LogP contribution in [0.3, 0.4) is 0 Å². The summed E-state index contributed by atoms with van der Waals surface area (Å²) >= 11 is 0. The van der Waals surface area contributed by atoms with Crippen LogP contribution in [-0.4, -0.2) is 42.4 Å². The minimum Gasteiger partial charge on any atom is -0.370 e. The van der Waals surface area contributed by atoms with E-state index in [-0.39, 0.29) is 17.9 Å². The fourth-order valence-corrected chi connectivity index (χ4v) is 3.21. The second-order valence-electron chi connectivity index (χ2n) is 5.80. The summed E-state index contributed by atoms with van der Waals surface area (Å²) in [5, 5.41) is 3.32. The summed E-state index contributed by atoms with van der Waals surface area (Å²) in [6.07, 6.45) is 6.13. The van der Waals surface area contributed by atoms with Crippen molar-refractivity contribution in [3.63, 3.8) is 0 Å². The van der Waals surface area contributed by atoms with Gasteiger partial charge in [-0.1, -0.05) is 0 Å². The Kier molecular flexibility index (Phi) is 5.19. The van der Waals surface area contributed by atoms with Crippen molar-refractivity contribution in [1.82, 2.24) is 10.2 Å². The highest BCUT2D eigenvalue weighted by Gasteiger charge is 2.28. The van der Waals surface area contributed by atoms with E-state index in [1.165, 1.54) is 6.42 Å². The third-order valence-corrected chi connectivity index (χ3v) is 4.31. The molecule has 2 amide bonds. The van der Waals surface area contributed by atoms with E-state index in [1.807, 2.05) is 4.90 Å². The zero-order chi connectivity index (χ0) is 13.7. The predicted octanol–water partition coefficient (Wildman–Crippen LogP) is 0.633. The molecule has 108 valence electrons. The highest BCUT2D eigenvalue weighted by molar-refractivity contribution is 5.79. The minimum absolute atomic E-state index is 0.0421. The maximum atomic E-state index is 12.3. The van der Waals surface area contributed by atoms with Crippen LogP contribution < -0.4 is 11.1 Å². The molecule has 0 aromatic heterocycles. The fourth-order valence-electron chi connectivity index (χ4n) is 3.21. The number of piperidine rings is 1. The van der Waals surface area contributed by atoms with Crippen molar-refractivity contribution >= 4 is 11.8 Å². The summed E-state index contributed by atoms with van der Waals surface area (Å²) in [7, 11) is 0. The number of nitrogens with two attached hydrogens (primary N) is 1. The summed E-state index contributed by atoms with van der Waals surface area (Å²) in [5.41, 5.74) is 5.27. The predicted molar refractivity (Wildman–Crippen MR) is 73.4 cm³/mol. The second kappa shape index (κ2) is 6.89. The molecule has 2 aliphatic rings. The Morgan fingerprint density at radius 3 is 2.79 bits per heavy atom. The van der Waals surface area contributed by atoms with Crippen LogP contribution in [0.2, 0.25) is 0 Å². The van der Waals surface area contributed by atoms with E-state index in [9.17, 15) is 9.59 Å². The maximum absolute atomic E-state index is 12.3. The van der Waals surface area contributed by atoms with Crippen molar-refractivity contribution in [2.45, 2.75) is 51.0 Å². The molecule has 0 saturated carbocycles. The normalized spacial score (nSPS) is 27.5. The SMILES string of the molecule is NC(=O)CC1CCCCN1C(=O)CCC1CCNC1. The molecule has 2 atom stereocenters. The topological polar surface area (TPSA) is 75.4 Å². The van der Waals surface area contributed by atoms with Gasteiger partial charge < -0.3 is 16.0 Å². The summed E-state index contributed by atoms with van der Waals surface area (Å²) in [5.74, 6) is 0.547. The molecule has 0 aliphatic carbocycles. The molecule has 19 heavy (non-hydrogen) atoms. The van der Waals surface area contributed by atoms with Gasteiger partial charge in [-0.15, -0.1) is 0 Å². The number of nitrogens with zero attached hydrogens (tertiary/aromatic N) is 1. The lowest BCUT2D eigenvalue weighted by Crippen LogP contribution is -2.45. The van der Waals surface area contributed by atoms with Gasteiger partial charge >= 0.3 is 0 Å². The summed E-state index contributed by atoms with van der Waals surface area (Å²) in [4.78, 5) is 25.3. The fraction of sp³-hybridized carbons (Fsp3) is 0.857. The molecule has 0 aromatic rings. The zero-order valence-corrected chi connectivity index (χ0v) is 11.6. The van der Waals surface area contributed by atoms with Gasteiger partial charge in [0.05, 0.1) is 0 Å².